The first-order valence-electron chi connectivity index (χ1n) is 8.24. The van der Waals surface area contributed by atoms with Crippen molar-refractivity contribution < 1.29 is 4.42 Å². The molecule has 0 amide bonds. The van der Waals surface area contributed by atoms with Crippen LogP contribution in [-0.4, -0.2) is 11.5 Å². The summed E-state index contributed by atoms with van der Waals surface area (Å²) in [5.41, 5.74) is 11.6. The number of nitrogen functional groups attached to an aromatic ring is 1. The van der Waals surface area contributed by atoms with Crippen molar-refractivity contribution in [2.24, 2.45) is 0 Å². The van der Waals surface area contributed by atoms with Gasteiger partial charge in [0.1, 0.15) is 23.2 Å². The first-order valence-corrected chi connectivity index (χ1v) is 8.24. The maximum Gasteiger partial charge on any atom is 0.142 e. The van der Waals surface area contributed by atoms with Crippen LogP contribution < -0.4 is 10.6 Å². The van der Waals surface area contributed by atoms with E-state index in [1.54, 1.807) is 6.26 Å². The summed E-state index contributed by atoms with van der Waals surface area (Å²) in [7, 11) is 0. The third-order valence-electron chi connectivity index (χ3n) is 4.63. The number of aromatic nitrogens is 1. The van der Waals surface area contributed by atoms with E-state index in [0.29, 0.717) is 17.9 Å². The monoisotopic (exact) mass is 330 g/mol. The molecule has 2 aromatic heterocycles. The van der Waals surface area contributed by atoms with Gasteiger partial charge in [-0.15, -0.1) is 0 Å². The zero-order chi connectivity index (χ0) is 17.4. The minimum Gasteiger partial charge on any atom is -0.464 e. The van der Waals surface area contributed by atoms with Gasteiger partial charge in [-0.2, -0.15) is 5.26 Å². The number of hydrogen-bond acceptors (Lipinski definition) is 5. The fraction of sp³-hybridized carbons (Fsp3) is 0.200. The number of anilines is 2. The second-order valence-corrected chi connectivity index (χ2v) is 6.27. The Kier molecular flexibility index (Phi) is 3.66. The molecule has 1 aromatic carbocycles. The van der Waals surface area contributed by atoms with Gasteiger partial charge in [0.2, 0.25) is 0 Å². The van der Waals surface area contributed by atoms with E-state index in [-0.39, 0.29) is 5.82 Å². The summed E-state index contributed by atoms with van der Waals surface area (Å²) < 4.78 is 5.59. The molecule has 0 aliphatic carbocycles. The molecule has 0 saturated heterocycles. The molecule has 1 aliphatic heterocycles. The van der Waals surface area contributed by atoms with Crippen molar-refractivity contribution >= 4 is 11.5 Å². The predicted molar refractivity (Wildman–Crippen MR) is 97.0 cm³/mol. The Balaban J connectivity index is 1.85. The van der Waals surface area contributed by atoms with Crippen LogP contribution in [0, 0.1) is 18.3 Å². The van der Waals surface area contributed by atoms with Gasteiger partial charge >= 0.3 is 0 Å². The number of rotatable bonds is 2. The SMILES string of the molecule is Cc1cccc(N2CCc3nc(N)c(C#N)c(-c4ccco4)c3C2)c1. The fourth-order valence-corrected chi connectivity index (χ4v) is 3.43. The highest BCUT2D eigenvalue weighted by Gasteiger charge is 2.26. The molecular weight excluding hydrogens is 312 g/mol. The van der Waals surface area contributed by atoms with Gasteiger partial charge in [-0.3, -0.25) is 0 Å². The third-order valence-corrected chi connectivity index (χ3v) is 4.63. The summed E-state index contributed by atoms with van der Waals surface area (Å²) in [6.07, 6.45) is 2.40. The lowest BCUT2D eigenvalue weighted by Gasteiger charge is -2.32. The largest absolute Gasteiger partial charge is 0.464 e. The molecular formula is C20H18N4O. The number of hydrogen-bond donors (Lipinski definition) is 1. The maximum absolute atomic E-state index is 9.59. The molecule has 0 saturated carbocycles. The van der Waals surface area contributed by atoms with Gasteiger partial charge < -0.3 is 15.1 Å². The van der Waals surface area contributed by atoms with Crippen molar-refractivity contribution in [1.82, 2.24) is 4.98 Å². The lowest BCUT2D eigenvalue weighted by molar-refractivity contribution is 0.580. The van der Waals surface area contributed by atoms with Crippen LogP contribution in [0.3, 0.4) is 0 Å². The molecule has 3 heterocycles. The Labute approximate surface area is 146 Å². The summed E-state index contributed by atoms with van der Waals surface area (Å²) >= 11 is 0. The van der Waals surface area contributed by atoms with Gasteiger partial charge in [0, 0.05) is 36.3 Å². The summed E-state index contributed by atoms with van der Waals surface area (Å²) in [6, 6.07) is 14.3. The molecule has 25 heavy (non-hydrogen) atoms. The first kappa shape index (κ1) is 15.3. The van der Waals surface area contributed by atoms with E-state index >= 15 is 0 Å². The van der Waals surface area contributed by atoms with Crippen molar-refractivity contribution in [3.63, 3.8) is 0 Å². The van der Waals surface area contributed by atoms with Crippen LogP contribution in [0.25, 0.3) is 11.3 Å². The second kappa shape index (κ2) is 5.99. The van der Waals surface area contributed by atoms with Gasteiger partial charge in [-0.25, -0.2) is 4.98 Å². The fourth-order valence-electron chi connectivity index (χ4n) is 3.43. The number of nitriles is 1. The predicted octanol–water partition coefficient (Wildman–Crippen LogP) is 3.67. The number of benzene rings is 1. The molecule has 0 bridgehead atoms. The quantitative estimate of drug-likeness (QED) is 0.775. The summed E-state index contributed by atoms with van der Waals surface area (Å²) in [4.78, 5) is 6.79. The van der Waals surface area contributed by atoms with Gasteiger partial charge in [0.25, 0.3) is 0 Å². The highest BCUT2D eigenvalue weighted by atomic mass is 16.3. The molecule has 124 valence electrons. The van der Waals surface area contributed by atoms with E-state index in [4.69, 9.17) is 10.2 Å². The molecule has 5 heteroatoms. The molecule has 0 radical (unpaired) electrons. The Morgan fingerprint density at radius 1 is 1.28 bits per heavy atom. The average molecular weight is 330 g/mol. The van der Waals surface area contributed by atoms with Crippen LogP contribution >= 0.6 is 0 Å². The zero-order valence-corrected chi connectivity index (χ0v) is 14.0. The van der Waals surface area contributed by atoms with Crippen molar-refractivity contribution in [2.45, 2.75) is 19.9 Å². The Bertz CT molecular complexity index is 970. The third kappa shape index (κ3) is 2.62. The second-order valence-electron chi connectivity index (χ2n) is 6.27. The van der Waals surface area contributed by atoms with Crippen molar-refractivity contribution in [3.8, 4) is 17.4 Å². The molecule has 0 spiro atoms. The van der Waals surface area contributed by atoms with Gasteiger partial charge in [0.05, 0.1) is 12.0 Å². The summed E-state index contributed by atoms with van der Waals surface area (Å²) in [5.74, 6) is 0.935. The Hall–Kier alpha value is -3.26. The molecule has 0 atom stereocenters. The summed E-state index contributed by atoms with van der Waals surface area (Å²) in [6.45, 7) is 3.63. The minimum absolute atomic E-state index is 0.275. The van der Waals surface area contributed by atoms with Gasteiger partial charge in [-0.05, 0) is 36.8 Å². The minimum atomic E-state index is 0.275. The van der Waals surface area contributed by atoms with Crippen LogP contribution in [-0.2, 0) is 13.0 Å². The lowest BCUT2D eigenvalue weighted by atomic mass is 9.94. The average Bonchev–Trinajstić information content (AvgIpc) is 3.14. The zero-order valence-electron chi connectivity index (χ0n) is 14.0. The van der Waals surface area contributed by atoms with Crippen molar-refractivity contribution in [1.29, 1.82) is 5.26 Å². The number of fused-ring (bicyclic) bond motifs is 1. The van der Waals surface area contributed by atoms with Crippen LogP contribution in [0.4, 0.5) is 11.5 Å². The number of furan rings is 1. The molecule has 0 fully saturated rings. The van der Waals surface area contributed by atoms with Gasteiger partial charge in [-0.1, -0.05) is 12.1 Å². The van der Waals surface area contributed by atoms with Crippen LogP contribution in [0.2, 0.25) is 0 Å². The van der Waals surface area contributed by atoms with E-state index in [2.05, 4.69) is 47.1 Å². The molecule has 5 nitrogen and oxygen atoms in total. The number of pyridine rings is 1. The number of aryl methyl sites for hydroxylation is 1. The number of nitrogens with two attached hydrogens (primary N) is 1. The van der Waals surface area contributed by atoms with E-state index in [1.165, 1.54) is 11.3 Å². The highest BCUT2D eigenvalue weighted by Crippen LogP contribution is 2.36. The molecule has 1 aliphatic rings. The molecule has 0 unspecified atom stereocenters. The van der Waals surface area contributed by atoms with Gasteiger partial charge in [0.15, 0.2) is 0 Å². The molecule has 2 N–H and O–H groups in total. The normalized spacial score (nSPS) is 13.4. The van der Waals surface area contributed by atoms with E-state index in [1.807, 2.05) is 12.1 Å². The standard InChI is InChI=1S/C20H18N4O/c1-13-4-2-5-14(10-13)24-8-7-17-16(12-24)19(18-6-3-9-25-18)15(11-21)20(22)23-17/h2-6,9-10H,7-8,12H2,1H3,(H2,22,23). The van der Waals surface area contributed by atoms with E-state index in [9.17, 15) is 5.26 Å². The molecule has 3 aromatic rings. The molecule has 4 rings (SSSR count). The lowest BCUT2D eigenvalue weighted by Crippen LogP contribution is -2.32. The topological polar surface area (TPSA) is 79.1 Å². The van der Waals surface area contributed by atoms with Crippen LogP contribution in [0.5, 0.6) is 0 Å². The van der Waals surface area contributed by atoms with Crippen molar-refractivity contribution in [3.05, 3.63) is 65.0 Å². The smallest absolute Gasteiger partial charge is 0.142 e. The van der Waals surface area contributed by atoms with Crippen LogP contribution in [0.15, 0.2) is 47.1 Å². The van der Waals surface area contributed by atoms with E-state index < -0.39 is 0 Å². The Morgan fingerprint density at radius 3 is 2.88 bits per heavy atom. The van der Waals surface area contributed by atoms with E-state index in [0.717, 1.165) is 29.8 Å². The summed E-state index contributed by atoms with van der Waals surface area (Å²) in [5, 5.41) is 9.59. The first-order chi connectivity index (χ1) is 12.2. The van der Waals surface area contributed by atoms with Crippen LogP contribution in [0.1, 0.15) is 22.4 Å². The Morgan fingerprint density at radius 2 is 2.16 bits per heavy atom. The highest BCUT2D eigenvalue weighted by molar-refractivity contribution is 5.77. The van der Waals surface area contributed by atoms with Crippen molar-refractivity contribution in [2.75, 3.05) is 17.2 Å². The maximum atomic E-state index is 9.59. The number of nitrogens with zero attached hydrogens (tertiary/aromatic N) is 3.